The van der Waals surface area contributed by atoms with Crippen molar-refractivity contribution in [2.45, 2.75) is 26.1 Å². The number of hydrogen-bond acceptors (Lipinski definition) is 4. The Morgan fingerprint density at radius 3 is 2.75 bits per heavy atom. The number of nitrogens with zero attached hydrogens (tertiary/aromatic N) is 2. The smallest absolute Gasteiger partial charge is 0.339 e. The zero-order valence-corrected chi connectivity index (χ0v) is 12.1. The molecule has 1 aromatic heterocycles. The fourth-order valence-electron chi connectivity index (χ4n) is 2.40. The van der Waals surface area contributed by atoms with Crippen molar-refractivity contribution in [1.82, 2.24) is 15.2 Å². The molecule has 1 aromatic rings. The lowest BCUT2D eigenvalue weighted by Gasteiger charge is -2.33. The van der Waals surface area contributed by atoms with Crippen LogP contribution < -0.4 is 5.32 Å². The van der Waals surface area contributed by atoms with Crippen molar-refractivity contribution >= 4 is 17.2 Å². The summed E-state index contributed by atoms with van der Waals surface area (Å²) in [5, 5.41) is 5.23. The Morgan fingerprint density at radius 2 is 2.30 bits per heavy atom. The van der Waals surface area contributed by atoms with E-state index in [4.69, 9.17) is 0 Å². The molecule has 8 heteroatoms. The van der Waals surface area contributed by atoms with Gasteiger partial charge in [-0.1, -0.05) is 0 Å². The molecule has 4 nitrogen and oxygen atoms in total. The van der Waals surface area contributed by atoms with Crippen LogP contribution in [0.4, 0.5) is 13.2 Å². The van der Waals surface area contributed by atoms with Gasteiger partial charge in [0.15, 0.2) is 5.41 Å². The van der Waals surface area contributed by atoms with E-state index in [0.29, 0.717) is 5.69 Å². The molecule has 20 heavy (non-hydrogen) atoms. The number of thiazole rings is 1. The second kappa shape index (κ2) is 5.33. The van der Waals surface area contributed by atoms with Gasteiger partial charge >= 0.3 is 6.18 Å². The van der Waals surface area contributed by atoms with Gasteiger partial charge < -0.3 is 10.2 Å². The molecule has 1 fully saturated rings. The van der Waals surface area contributed by atoms with Crippen LogP contribution in [0.1, 0.15) is 17.1 Å². The molecule has 1 aliphatic rings. The molecule has 1 aliphatic heterocycles. The van der Waals surface area contributed by atoms with E-state index in [1.807, 2.05) is 6.92 Å². The number of carbonyl (C=O) groups is 1. The van der Waals surface area contributed by atoms with Crippen LogP contribution in [0.3, 0.4) is 0 Å². The summed E-state index contributed by atoms with van der Waals surface area (Å²) in [6.45, 7) is 1.76. The topological polar surface area (TPSA) is 45.2 Å². The van der Waals surface area contributed by atoms with Crippen molar-refractivity contribution < 1.29 is 18.0 Å². The molecule has 1 saturated heterocycles. The fraction of sp³-hybridized carbons (Fsp3) is 0.667. The van der Waals surface area contributed by atoms with Crippen molar-refractivity contribution in [2.24, 2.45) is 5.41 Å². The predicted molar refractivity (Wildman–Crippen MR) is 69.3 cm³/mol. The lowest BCUT2D eigenvalue weighted by molar-refractivity contribution is -0.221. The molecular formula is C12H16F3N3OS. The van der Waals surface area contributed by atoms with Gasteiger partial charge in [0, 0.05) is 19.0 Å². The summed E-state index contributed by atoms with van der Waals surface area (Å²) >= 11 is 1.41. The highest BCUT2D eigenvalue weighted by molar-refractivity contribution is 7.09. The van der Waals surface area contributed by atoms with Crippen molar-refractivity contribution in [2.75, 3.05) is 20.1 Å². The molecule has 2 rings (SSSR count). The van der Waals surface area contributed by atoms with Gasteiger partial charge in [-0.3, -0.25) is 4.79 Å². The van der Waals surface area contributed by atoms with E-state index in [1.54, 1.807) is 5.38 Å². The van der Waals surface area contributed by atoms with E-state index >= 15 is 0 Å². The first-order valence-corrected chi connectivity index (χ1v) is 7.08. The highest BCUT2D eigenvalue weighted by atomic mass is 32.1. The average molecular weight is 307 g/mol. The Morgan fingerprint density at radius 1 is 1.60 bits per heavy atom. The lowest BCUT2D eigenvalue weighted by Crippen LogP contribution is -2.52. The second-order valence-electron chi connectivity index (χ2n) is 5.03. The molecule has 0 aromatic carbocycles. The summed E-state index contributed by atoms with van der Waals surface area (Å²) in [7, 11) is 1.39. The van der Waals surface area contributed by atoms with E-state index in [-0.39, 0.29) is 26.1 Å². The minimum absolute atomic E-state index is 0.0982. The van der Waals surface area contributed by atoms with Crippen molar-refractivity contribution in [1.29, 1.82) is 0 Å². The average Bonchev–Trinajstić information content (AvgIpc) is 2.97. The highest BCUT2D eigenvalue weighted by Crippen LogP contribution is 2.44. The molecule has 1 N–H and O–H groups in total. The number of aryl methyl sites for hydroxylation is 1. The fourth-order valence-corrected chi connectivity index (χ4v) is 3.00. The number of hydrogen-bond donors (Lipinski definition) is 1. The maximum Gasteiger partial charge on any atom is 0.404 e. The summed E-state index contributed by atoms with van der Waals surface area (Å²) in [5.74, 6) is -0.888. The molecule has 0 saturated carbocycles. The van der Waals surface area contributed by atoms with Crippen LogP contribution in [0.15, 0.2) is 5.38 Å². The summed E-state index contributed by atoms with van der Waals surface area (Å²) in [5.41, 5.74) is -1.68. The maximum absolute atomic E-state index is 13.3. The maximum atomic E-state index is 13.3. The largest absolute Gasteiger partial charge is 0.404 e. The van der Waals surface area contributed by atoms with Gasteiger partial charge in [0.2, 0.25) is 5.91 Å². The third kappa shape index (κ3) is 2.67. The van der Waals surface area contributed by atoms with Gasteiger partial charge in [-0.15, -0.1) is 11.3 Å². The molecule has 1 atom stereocenters. The van der Waals surface area contributed by atoms with E-state index < -0.39 is 17.5 Å². The normalized spacial score (nSPS) is 23.1. The number of nitrogens with one attached hydrogen (secondary N) is 1. The number of halogens is 3. The number of amides is 1. The summed E-state index contributed by atoms with van der Waals surface area (Å²) in [6, 6.07) is 0. The van der Waals surface area contributed by atoms with Gasteiger partial charge in [0.1, 0.15) is 0 Å². The number of rotatable bonds is 3. The molecule has 0 aliphatic carbocycles. The molecule has 0 radical (unpaired) electrons. The molecule has 0 bridgehead atoms. The predicted octanol–water partition coefficient (Wildman–Crippen LogP) is 1.95. The molecule has 112 valence electrons. The molecule has 1 amide bonds. The Labute approximate surface area is 119 Å². The molecule has 1 unspecified atom stereocenters. The van der Waals surface area contributed by atoms with Crippen LogP contribution in [0.5, 0.6) is 0 Å². The van der Waals surface area contributed by atoms with Crippen LogP contribution >= 0.6 is 11.3 Å². The van der Waals surface area contributed by atoms with E-state index in [2.05, 4.69) is 10.3 Å². The summed E-state index contributed by atoms with van der Waals surface area (Å²) < 4.78 is 39.8. The van der Waals surface area contributed by atoms with Crippen LogP contribution in [0, 0.1) is 12.3 Å². The van der Waals surface area contributed by atoms with E-state index in [1.165, 1.54) is 18.4 Å². The van der Waals surface area contributed by atoms with Crippen molar-refractivity contribution in [3.63, 3.8) is 0 Å². The first kappa shape index (κ1) is 15.2. The van der Waals surface area contributed by atoms with Crippen LogP contribution in [-0.4, -0.2) is 42.1 Å². The third-order valence-corrected chi connectivity index (χ3v) is 4.34. The minimum Gasteiger partial charge on any atom is -0.339 e. The Balaban J connectivity index is 2.16. The minimum atomic E-state index is -4.54. The van der Waals surface area contributed by atoms with Gasteiger partial charge in [-0.2, -0.15) is 13.2 Å². The van der Waals surface area contributed by atoms with Gasteiger partial charge in [-0.25, -0.2) is 4.98 Å². The first-order valence-electron chi connectivity index (χ1n) is 6.20. The van der Waals surface area contributed by atoms with Crippen LogP contribution in [-0.2, 0) is 11.3 Å². The summed E-state index contributed by atoms with van der Waals surface area (Å²) in [4.78, 5) is 17.6. The van der Waals surface area contributed by atoms with Crippen molar-refractivity contribution in [3.8, 4) is 0 Å². The van der Waals surface area contributed by atoms with Gasteiger partial charge in [0.05, 0.1) is 17.2 Å². The monoisotopic (exact) mass is 307 g/mol. The molecule has 2 heterocycles. The molecule has 0 spiro atoms. The van der Waals surface area contributed by atoms with Crippen LogP contribution in [0.2, 0.25) is 0 Å². The number of alkyl halides is 3. The third-order valence-electron chi connectivity index (χ3n) is 3.52. The Kier molecular flexibility index (Phi) is 4.06. The number of carbonyl (C=O) groups excluding carboxylic acids is 1. The van der Waals surface area contributed by atoms with Gasteiger partial charge in [-0.05, 0) is 19.9 Å². The van der Waals surface area contributed by atoms with Crippen LogP contribution in [0.25, 0.3) is 0 Å². The SMILES string of the molecule is Cc1nc(CN(C)C(=O)C2(C(F)(F)F)CCNC2)cs1. The summed E-state index contributed by atoms with van der Waals surface area (Å²) in [6.07, 6.45) is -4.75. The Hall–Kier alpha value is -1.15. The highest BCUT2D eigenvalue weighted by Gasteiger charge is 2.62. The first-order chi connectivity index (χ1) is 9.26. The number of aromatic nitrogens is 1. The zero-order chi connectivity index (χ0) is 15.0. The van der Waals surface area contributed by atoms with E-state index in [0.717, 1.165) is 9.91 Å². The van der Waals surface area contributed by atoms with Crippen molar-refractivity contribution in [3.05, 3.63) is 16.1 Å². The zero-order valence-electron chi connectivity index (χ0n) is 11.3. The molecular weight excluding hydrogens is 291 g/mol. The Bertz CT molecular complexity index is 494. The van der Waals surface area contributed by atoms with E-state index in [9.17, 15) is 18.0 Å². The lowest BCUT2D eigenvalue weighted by atomic mass is 9.84. The second-order valence-corrected chi connectivity index (χ2v) is 6.09. The standard InChI is InChI=1S/C12H16F3N3OS/c1-8-17-9(6-20-8)5-18(2)10(19)11(12(13,14)15)3-4-16-7-11/h6,16H,3-5,7H2,1-2H3. The van der Waals surface area contributed by atoms with Gasteiger partial charge in [0.25, 0.3) is 0 Å². The quantitative estimate of drug-likeness (QED) is 0.928.